The van der Waals surface area contributed by atoms with Crippen molar-refractivity contribution in [2.24, 2.45) is 10.7 Å². The highest BCUT2D eigenvalue weighted by Gasteiger charge is 2.16. The number of nitrogens with zero attached hydrogens (tertiary/aromatic N) is 2. The summed E-state index contributed by atoms with van der Waals surface area (Å²) in [6.45, 7) is 9.66. The molecule has 0 unspecified atom stereocenters. The van der Waals surface area contributed by atoms with Gasteiger partial charge in [0.05, 0.1) is 12.6 Å². The van der Waals surface area contributed by atoms with Crippen LogP contribution in [0.5, 0.6) is 0 Å². The molecule has 0 spiro atoms. The van der Waals surface area contributed by atoms with Gasteiger partial charge in [0.1, 0.15) is 0 Å². The molecule has 1 aliphatic heterocycles. The van der Waals surface area contributed by atoms with Crippen molar-refractivity contribution in [2.45, 2.75) is 58.3 Å². The molecule has 0 radical (unpaired) electrons. The number of aliphatic imine (C=N–C) groups is 1. The molecule has 5 nitrogen and oxygen atoms in total. The molecule has 0 aliphatic carbocycles. The Kier molecular flexibility index (Phi) is 6.02. The van der Waals surface area contributed by atoms with Crippen LogP contribution in [0.25, 0.3) is 0 Å². The fourth-order valence-electron chi connectivity index (χ4n) is 2.69. The summed E-state index contributed by atoms with van der Waals surface area (Å²) in [6, 6.07) is 8.54. The Morgan fingerprint density at radius 2 is 1.78 bits per heavy atom. The summed E-state index contributed by atoms with van der Waals surface area (Å²) >= 11 is 0. The highest BCUT2D eigenvalue weighted by Crippen LogP contribution is 2.14. The first-order chi connectivity index (χ1) is 10.8. The second-order valence-electron chi connectivity index (χ2n) is 7.40. The van der Waals surface area contributed by atoms with Gasteiger partial charge in [-0.15, -0.1) is 0 Å². The van der Waals surface area contributed by atoms with Crippen molar-refractivity contribution in [1.82, 2.24) is 10.2 Å². The number of nitrogens with one attached hydrogen (secondary N) is 1. The topological polar surface area (TPSA) is 73.9 Å². The highest BCUT2D eigenvalue weighted by atomic mass is 16.3. The largest absolute Gasteiger partial charge is 0.393 e. The minimum absolute atomic E-state index is 0.0700. The van der Waals surface area contributed by atoms with E-state index in [2.05, 4.69) is 60.2 Å². The Bertz CT molecular complexity index is 511. The average molecular weight is 318 g/mol. The number of piperidine rings is 1. The molecule has 0 aromatic heterocycles. The van der Waals surface area contributed by atoms with Gasteiger partial charge in [0.25, 0.3) is 0 Å². The number of rotatable bonds is 4. The second kappa shape index (κ2) is 7.79. The summed E-state index contributed by atoms with van der Waals surface area (Å²) in [5.41, 5.74) is 8.27. The first kappa shape index (κ1) is 17.8. The summed E-state index contributed by atoms with van der Waals surface area (Å²) in [7, 11) is 0. The zero-order valence-electron chi connectivity index (χ0n) is 14.5. The molecule has 5 heteroatoms. The maximum absolute atomic E-state index is 9.55. The molecular formula is C18H30N4O. The van der Waals surface area contributed by atoms with Gasteiger partial charge in [0.15, 0.2) is 5.96 Å². The Hall–Kier alpha value is -1.59. The molecule has 0 atom stereocenters. The van der Waals surface area contributed by atoms with Gasteiger partial charge in [0, 0.05) is 25.2 Å². The van der Waals surface area contributed by atoms with E-state index in [-0.39, 0.29) is 11.6 Å². The Morgan fingerprint density at radius 3 is 2.35 bits per heavy atom. The van der Waals surface area contributed by atoms with Gasteiger partial charge in [0.2, 0.25) is 0 Å². The molecular weight excluding hydrogens is 288 g/mol. The lowest BCUT2D eigenvalue weighted by Crippen LogP contribution is -2.44. The van der Waals surface area contributed by atoms with E-state index in [1.807, 2.05) is 0 Å². The van der Waals surface area contributed by atoms with Crippen LogP contribution in [0.1, 0.15) is 44.7 Å². The van der Waals surface area contributed by atoms with Crippen molar-refractivity contribution in [3.63, 3.8) is 0 Å². The van der Waals surface area contributed by atoms with Crippen LogP contribution in [0.4, 0.5) is 0 Å². The van der Waals surface area contributed by atoms with Crippen molar-refractivity contribution >= 4 is 5.96 Å². The Morgan fingerprint density at radius 1 is 1.22 bits per heavy atom. The average Bonchev–Trinajstić information content (AvgIpc) is 2.47. The number of hydrogen-bond acceptors (Lipinski definition) is 3. The van der Waals surface area contributed by atoms with Crippen LogP contribution in [0.15, 0.2) is 29.3 Å². The van der Waals surface area contributed by atoms with Gasteiger partial charge < -0.3 is 16.2 Å². The predicted octanol–water partition coefficient (Wildman–Crippen LogP) is 1.85. The molecule has 1 aromatic carbocycles. The van der Waals surface area contributed by atoms with Crippen LogP contribution in [0.2, 0.25) is 0 Å². The van der Waals surface area contributed by atoms with Crippen molar-refractivity contribution in [1.29, 1.82) is 0 Å². The summed E-state index contributed by atoms with van der Waals surface area (Å²) < 4.78 is 0. The van der Waals surface area contributed by atoms with Crippen LogP contribution < -0.4 is 11.1 Å². The predicted molar refractivity (Wildman–Crippen MR) is 95.2 cm³/mol. The van der Waals surface area contributed by atoms with Gasteiger partial charge in [-0.1, -0.05) is 24.3 Å². The van der Waals surface area contributed by atoms with Gasteiger partial charge in [-0.2, -0.15) is 0 Å². The minimum atomic E-state index is -0.112. The van der Waals surface area contributed by atoms with E-state index in [0.717, 1.165) is 38.0 Å². The van der Waals surface area contributed by atoms with E-state index in [1.165, 1.54) is 5.56 Å². The number of guanidine groups is 1. The zero-order chi connectivity index (χ0) is 16.9. The number of aliphatic hydroxyl groups excluding tert-OH is 1. The van der Waals surface area contributed by atoms with Crippen LogP contribution in [0, 0.1) is 0 Å². The first-order valence-corrected chi connectivity index (χ1v) is 8.38. The van der Waals surface area contributed by atoms with E-state index >= 15 is 0 Å². The SMILES string of the molecule is CC(C)(C)NC(N)=NCc1ccc(CN2CCC(O)CC2)cc1. The Labute approximate surface area is 139 Å². The molecule has 2 rings (SSSR count). The van der Waals surface area contributed by atoms with Crippen LogP contribution in [-0.2, 0) is 13.1 Å². The number of hydrogen-bond donors (Lipinski definition) is 3. The fourth-order valence-corrected chi connectivity index (χ4v) is 2.69. The normalized spacial score (nSPS) is 18.2. The van der Waals surface area contributed by atoms with E-state index in [0.29, 0.717) is 12.5 Å². The quantitative estimate of drug-likeness (QED) is 0.585. The molecule has 128 valence electrons. The van der Waals surface area contributed by atoms with E-state index < -0.39 is 0 Å². The lowest BCUT2D eigenvalue weighted by molar-refractivity contribution is 0.0792. The molecule has 0 bridgehead atoms. The number of nitrogens with two attached hydrogens (primary N) is 1. The molecule has 4 N–H and O–H groups in total. The van der Waals surface area contributed by atoms with Crippen LogP contribution >= 0.6 is 0 Å². The molecule has 0 amide bonds. The van der Waals surface area contributed by atoms with Crippen LogP contribution in [-0.4, -0.2) is 40.7 Å². The van der Waals surface area contributed by atoms with E-state index in [4.69, 9.17) is 5.73 Å². The van der Waals surface area contributed by atoms with E-state index in [9.17, 15) is 5.11 Å². The summed E-state index contributed by atoms with van der Waals surface area (Å²) in [4.78, 5) is 6.77. The third-order valence-electron chi connectivity index (χ3n) is 3.92. The molecule has 1 heterocycles. The van der Waals surface area contributed by atoms with E-state index in [1.54, 1.807) is 0 Å². The monoisotopic (exact) mass is 318 g/mol. The number of benzene rings is 1. The fraction of sp³-hybridized carbons (Fsp3) is 0.611. The molecule has 0 saturated carbocycles. The standard InChI is InChI=1S/C18H30N4O/c1-18(2,3)21-17(19)20-12-14-4-6-15(7-5-14)13-22-10-8-16(23)9-11-22/h4-7,16,23H,8-13H2,1-3H3,(H3,19,20,21). The minimum Gasteiger partial charge on any atom is -0.393 e. The molecule has 1 aromatic rings. The van der Waals surface area contributed by atoms with Gasteiger partial charge in [-0.25, -0.2) is 4.99 Å². The molecule has 1 aliphatic rings. The highest BCUT2D eigenvalue weighted by molar-refractivity contribution is 5.78. The number of aliphatic hydroxyl groups is 1. The third-order valence-corrected chi connectivity index (χ3v) is 3.92. The van der Waals surface area contributed by atoms with Crippen molar-refractivity contribution in [3.8, 4) is 0 Å². The van der Waals surface area contributed by atoms with Gasteiger partial charge >= 0.3 is 0 Å². The number of likely N-dealkylation sites (tertiary alicyclic amines) is 1. The molecule has 1 fully saturated rings. The Balaban J connectivity index is 1.83. The van der Waals surface area contributed by atoms with Crippen molar-refractivity contribution in [3.05, 3.63) is 35.4 Å². The maximum atomic E-state index is 9.55. The summed E-state index contributed by atoms with van der Waals surface area (Å²) in [6.07, 6.45) is 1.65. The smallest absolute Gasteiger partial charge is 0.189 e. The second-order valence-corrected chi connectivity index (χ2v) is 7.40. The van der Waals surface area contributed by atoms with Crippen molar-refractivity contribution in [2.75, 3.05) is 13.1 Å². The summed E-state index contributed by atoms with van der Waals surface area (Å²) in [5, 5.41) is 12.7. The molecule has 1 saturated heterocycles. The van der Waals surface area contributed by atoms with Crippen molar-refractivity contribution < 1.29 is 5.11 Å². The van der Waals surface area contributed by atoms with Gasteiger partial charge in [-0.3, -0.25) is 4.90 Å². The first-order valence-electron chi connectivity index (χ1n) is 8.38. The zero-order valence-corrected chi connectivity index (χ0v) is 14.5. The maximum Gasteiger partial charge on any atom is 0.189 e. The third kappa shape index (κ3) is 6.59. The van der Waals surface area contributed by atoms with Crippen LogP contribution in [0.3, 0.4) is 0 Å². The lowest BCUT2D eigenvalue weighted by Gasteiger charge is -2.29. The lowest BCUT2D eigenvalue weighted by atomic mass is 10.1. The summed E-state index contributed by atoms with van der Waals surface area (Å²) in [5.74, 6) is 0.480. The molecule has 23 heavy (non-hydrogen) atoms. The van der Waals surface area contributed by atoms with Gasteiger partial charge in [-0.05, 0) is 44.7 Å².